The van der Waals surface area contributed by atoms with Gasteiger partial charge in [0.05, 0.1) is 11.4 Å². The quantitative estimate of drug-likeness (QED) is 0.894. The summed E-state index contributed by atoms with van der Waals surface area (Å²) in [6.07, 6.45) is 0. The van der Waals surface area contributed by atoms with Crippen molar-refractivity contribution >= 4 is 35.0 Å². The number of nitrogens with one attached hydrogen (secondary N) is 2. The van der Waals surface area contributed by atoms with E-state index in [4.69, 9.17) is 0 Å². The molecule has 0 aromatic heterocycles. The average Bonchev–Trinajstić information content (AvgIpc) is 2.46. The molecule has 0 atom stereocenters. The van der Waals surface area contributed by atoms with Crippen LogP contribution >= 0.6 is 11.8 Å². The normalized spacial score (nSPS) is 13.3. The maximum atomic E-state index is 12.2. The zero-order valence-electron chi connectivity index (χ0n) is 11.5. The molecule has 0 bridgehead atoms. The van der Waals surface area contributed by atoms with E-state index in [-0.39, 0.29) is 11.8 Å². The molecule has 106 valence electrons. The van der Waals surface area contributed by atoms with Crippen molar-refractivity contribution in [3.63, 3.8) is 0 Å². The van der Waals surface area contributed by atoms with Crippen molar-refractivity contribution in [2.24, 2.45) is 0 Å². The van der Waals surface area contributed by atoms with Crippen molar-refractivity contribution < 1.29 is 9.59 Å². The predicted molar refractivity (Wildman–Crippen MR) is 84.9 cm³/mol. The van der Waals surface area contributed by atoms with E-state index < -0.39 is 0 Å². The molecule has 0 saturated heterocycles. The van der Waals surface area contributed by atoms with Gasteiger partial charge in [0.2, 0.25) is 5.91 Å². The van der Waals surface area contributed by atoms with E-state index in [2.05, 4.69) is 10.6 Å². The molecule has 5 heteroatoms. The van der Waals surface area contributed by atoms with Crippen LogP contribution in [-0.4, -0.2) is 17.6 Å². The van der Waals surface area contributed by atoms with Crippen LogP contribution in [0.4, 0.5) is 11.4 Å². The van der Waals surface area contributed by atoms with Crippen molar-refractivity contribution in [2.75, 3.05) is 16.4 Å². The molecule has 21 heavy (non-hydrogen) atoms. The van der Waals surface area contributed by atoms with E-state index in [0.29, 0.717) is 17.0 Å². The first-order valence-electron chi connectivity index (χ1n) is 6.56. The van der Waals surface area contributed by atoms with Crippen molar-refractivity contribution in [2.45, 2.75) is 11.8 Å². The number of rotatable bonds is 2. The van der Waals surface area contributed by atoms with Gasteiger partial charge in [0.15, 0.2) is 0 Å². The summed E-state index contributed by atoms with van der Waals surface area (Å²) in [6, 6.07) is 13.0. The minimum Gasteiger partial charge on any atom is -0.324 e. The van der Waals surface area contributed by atoms with Crippen LogP contribution in [0, 0.1) is 6.92 Å². The van der Waals surface area contributed by atoms with Crippen LogP contribution in [0.5, 0.6) is 0 Å². The highest BCUT2D eigenvalue weighted by Crippen LogP contribution is 2.33. The van der Waals surface area contributed by atoms with Crippen LogP contribution < -0.4 is 10.6 Å². The first-order chi connectivity index (χ1) is 10.1. The van der Waals surface area contributed by atoms with Gasteiger partial charge in [0.25, 0.3) is 5.91 Å². The van der Waals surface area contributed by atoms with Gasteiger partial charge in [-0.05, 0) is 37.3 Å². The van der Waals surface area contributed by atoms with Crippen LogP contribution in [0.1, 0.15) is 15.9 Å². The Morgan fingerprint density at radius 2 is 2.10 bits per heavy atom. The standard InChI is InChI=1S/C16H14N2O2S/c1-10-3-2-4-11(7-10)16(20)17-12-5-6-14-13(8-12)18-15(19)9-21-14/h2-8H,9H2,1H3,(H,17,20)(H,18,19). The summed E-state index contributed by atoms with van der Waals surface area (Å²) in [5.41, 5.74) is 3.07. The zero-order valence-corrected chi connectivity index (χ0v) is 12.3. The molecule has 0 radical (unpaired) electrons. The summed E-state index contributed by atoms with van der Waals surface area (Å²) < 4.78 is 0. The van der Waals surface area contributed by atoms with Gasteiger partial charge in [-0.3, -0.25) is 9.59 Å². The summed E-state index contributed by atoms with van der Waals surface area (Å²) in [7, 11) is 0. The van der Waals surface area contributed by atoms with E-state index in [0.717, 1.165) is 16.1 Å². The van der Waals surface area contributed by atoms with Crippen LogP contribution in [0.2, 0.25) is 0 Å². The lowest BCUT2D eigenvalue weighted by atomic mass is 10.1. The Morgan fingerprint density at radius 3 is 2.90 bits per heavy atom. The SMILES string of the molecule is Cc1cccc(C(=O)Nc2ccc3c(c2)NC(=O)CS3)c1. The van der Waals surface area contributed by atoms with E-state index in [1.54, 1.807) is 12.1 Å². The summed E-state index contributed by atoms with van der Waals surface area (Å²) in [5, 5.41) is 5.66. The molecule has 0 fully saturated rings. The minimum atomic E-state index is -0.159. The Bertz CT molecular complexity index is 728. The Morgan fingerprint density at radius 1 is 1.24 bits per heavy atom. The van der Waals surface area contributed by atoms with Gasteiger partial charge in [-0.25, -0.2) is 0 Å². The fourth-order valence-corrected chi connectivity index (χ4v) is 2.94. The summed E-state index contributed by atoms with van der Waals surface area (Å²) >= 11 is 1.50. The fraction of sp³-hybridized carbons (Fsp3) is 0.125. The van der Waals surface area contributed by atoms with E-state index in [1.165, 1.54) is 11.8 Å². The number of carbonyl (C=O) groups is 2. The minimum absolute atomic E-state index is 0.0188. The van der Waals surface area contributed by atoms with Crippen molar-refractivity contribution in [1.82, 2.24) is 0 Å². The molecule has 4 nitrogen and oxygen atoms in total. The van der Waals surface area contributed by atoms with Gasteiger partial charge in [0.1, 0.15) is 0 Å². The fourth-order valence-electron chi connectivity index (χ4n) is 2.15. The third kappa shape index (κ3) is 3.08. The lowest BCUT2D eigenvalue weighted by Crippen LogP contribution is -2.19. The average molecular weight is 298 g/mol. The number of anilines is 2. The van der Waals surface area contributed by atoms with Crippen LogP contribution in [-0.2, 0) is 4.79 Å². The Balaban J connectivity index is 1.80. The number of hydrogen-bond donors (Lipinski definition) is 2. The summed E-state index contributed by atoms with van der Waals surface area (Å²) in [5.74, 6) is 0.255. The highest BCUT2D eigenvalue weighted by molar-refractivity contribution is 8.00. The third-order valence-corrected chi connectivity index (χ3v) is 4.22. The second-order valence-electron chi connectivity index (χ2n) is 4.87. The molecule has 0 aliphatic carbocycles. The number of fused-ring (bicyclic) bond motifs is 1. The van der Waals surface area contributed by atoms with Gasteiger partial charge < -0.3 is 10.6 Å². The molecular formula is C16H14N2O2S. The van der Waals surface area contributed by atoms with E-state index in [9.17, 15) is 9.59 Å². The Kier molecular flexibility index (Phi) is 3.66. The van der Waals surface area contributed by atoms with Gasteiger partial charge >= 0.3 is 0 Å². The summed E-state index contributed by atoms with van der Waals surface area (Å²) in [6.45, 7) is 1.95. The maximum Gasteiger partial charge on any atom is 0.255 e. The molecule has 2 N–H and O–H groups in total. The predicted octanol–water partition coefficient (Wildman–Crippen LogP) is 3.29. The largest absolute Gasteiger partial charge is 0.324 e. The molecule has 0 unspecified atom stereocenters. The number of carbonyl (C=O) groups excluding carboxylic acids is 2. The van der Waals surface area contributed by atoms with Gasteiger partial charge in [-0.2, -0.15) is 0 Å². The molecule has 1 aliphatic rings. The first kappa shape index (κ1) is 13.7. The second-order valence-corrected chi connectivity index (χ2v) is 5.89. The zero-order chi connectivity index (χ0) is 14.8. The lowest BCUT2D eigenvalue weighted by Gasteiger charge is -2.17. The number of amides is 2. The van der Waals surface area contributed by atoms with E-state index >= 15 is 0 Å². The molecule has 0 saturated carbocycles. The second kappa shape index (κ2) is 5.61. The first-order valence-corrected chi connectivity index (χ1v) is 7.55. The molecule has 2 aromatic rings. The van der Waals surface area contributed by atoms with Gasteiger partial charge in [0, 0.05) is 16.1 Å². The Labute approximate surface area is 126 Å². The molecule has 2 amide bonds. The highest BCUT2D eigenvalue weighted by Gasteiger charge is 2.16. The molecule has 1 aliphatic heterocycles. The topological polar surface area (TPSA) is 58.2 Å². The van der Waals surface area contributed by atoms with Gasteiger partial charge in [-0.1, -0.05) is 17.7 Å². The van der Waals surface area contributed by atoms with Crippen molar-refractivity contribution in [1.29, 1.82) is 0 Å². The number of aryl methyl sites for hydroxylation is 1. The molecule has 0 spiro atoms. The van der Waals surface area contributed by atoms with Crippen LogP contribution in [0.3, 0.4) is 0 Å². The van der Waals surface area contributed by atoms with Crippen LogP contribution in [0.15, 0.2) is 47.4 Å². The highest BCUT2D eigenvalue weighted by atomic mass is 32.2. The molecular weight excluding hydrogens is 284 g/mol. The van der Waals surface area contributed by atoms with Crippen molar-refractivity contribution in [3.05, 3.63) is 53.6 Å². The van der Waals surface area contributed by atoms with Gasteiger partial charge in [-0.15, -0.1) is 11.8 Å². The Hall–Kier alpha value is -2.27. The smallest absolute Gasteiger partial charge is 0.255 e. The number of thioether (sulfide) groups is 1. The molecule has 2 aromatic carbocycles. The summed E-state index contributed by atoms with van der Waals surface area (Å²) in [4.78, 5) is 24.6. The third-order valence-electron chi connectivity index (χ3n) is 3.15. The van der Waals surface area contributed by atoms with E-state index in [1.807, 2.05) is 37.3 Å². The monoisotopic (exact) mass is 298 g/mol. The molecule has 1 heterocycles. The van der Waals surface area contributed by atoms with Crippen LogP contribution in [0.25, 0.3) is 0 Å². The number of benzene rings is 2. The molecule has 3 rings (SSSR count). The lowest BCUT2D eigenvalue weighted by molar-refractivity contribution is -0.113. The van der Waals surface area contributed by atoms with Crippen molar-refractivity contribution in [3.8, 4) is 0 Å². The maximum absolute atomic E-state index is 12.2. The number of hydrogen-bond acceptors (Lipinski definition) is 3.